The zero-order chi connectivity index (χ0) is 14.7. The van der Waals surface area contributed by atoms with Gasteiger partial charge >= 0.3 is 0 Å². The first-order valence-electron chi connectivity index (χ1n) is 7.82. The van der Waals surface area contributed by atoms with Gasteiger partial charge in [0.25, 0.3) is 0 Å². The minimum Gasteiger partial charge on any atom is -0.271 e. The Hall–Kier alpha value is -0.390. The SMILES string of the molecule is CCc1nn(CC)c(CC(NN)C2CCCC2C)c1Br. The Balaban J connectivity index is 2.20. The van der Waals surface area contributed by atoms with Crippen molar-refractivity contribution < 1.29 is 0 Å². The van der Waals surface area contributed by atoms with Crippen LogP contribution in [0.5, 0.6) is 0 Å². The lowest BCUT2D eigenvalue weighted by molar-refractivity contribution is 0.293. The summed E-state index contributed by atoms with van der Waals surface area (Å²) >= 11 is 3.73. The van der Waals surface area contributed by atoms with Crippen LogP contribution in [0.2, 0.25) is 0 Å². The van der Waals surface area contributed by atoms with Gasteiger partial charge in [0.1, 0.15) is 0 Å². The van der Waals surface area contributed by atoms with Crippen molar-refractivity contribution in [1.29, 1.82) is 0 Å². The third-order valence-corrected chi connectivity index (χ3v) is 5.68. The van der Waals surface area contributed by atoms with Gasteiger partial charge in [0, 0.05) is 19.0 Å². The van der Waals surface area contributed by atoms with Crippen molar-refractivity contribution >= 4 is 15.9 Å². The Kier molecular flexibility index (Phi) is 5.64. The quantitative estimate of drug-likeness (QED) is 0.617. The van der Waals surface area contributed by atoms with Crippen LogP contribution >= 0.6 is 15.9 Å². The minimum atomic E-state index is 0.343. The molecule has 1 aromatic heterocycles. The standard InChI is InChI=1S/C15H27BrN4/c1-4-12-15(16)14(20(5-2)19-12)9-13(18-17)11-8-6-7-10(11)3/h10-11,13,18H,4-9,17H2,1-3H3. The summed E-state index contributed by atoms with van der Waals surface area (Å²) in [7, 11) is 0. The molecule has 0 radical (unpaired) electrons. The van der Waals surface area contributed by atoms with Gasteiger partial charge in [-0.1, -0.05) is 26.7 Å². The largest absolute Gasteiger partial charge is 0.271 e. The summed E-state index contributed by atoms with van der Waals surface area (Å²) in [5.41, 5.74) is 5.50. The number of hydrazine groups is 1. The van der Waals surface area contributed by atoms with Crippen molar-refractivity contribution in [2.75, 3.05) is 0 Å². The van der Waals surface area contributed by atoms with Crippen molar-refractivity contribution in [2.24, 2.45) is 17.7 Å². The summed E-state index contributed by atoms with van der Waals surface area (Å²) in [5.74, 6) is 7.29. The van der Waals surface area contributed by atoms with Gasteiger partial charge in [-0.25, -0.2) is 0 Å². The molecule has 20 heavy (non-hydrogen) atoms. The smallest absolute Gasteiger partial charge is 0.0766 e. The molecule has 3 atom stereocenters. The normalized spacial score (nSPS) is 24.2. The van der Waals surface area contributed by atoms with Crippen LogP contribution in [0, 0.1) is 11.8 Å². The van der Waals surface area contributed by atoms with Gasteiger partial charge in [0.15, 0.2) is 0 Å². The Bertz CT molecular complexity index is 443. The molecule has 5 heteroatoms. The highest BCUT2D eigenvalue weighted by atomic mass is 79.9. The van der Waals surface area contributed by atoms with Gasteiger partial charge in [-0.05, 0) is 47.5 Å². The molecule has 1 aliphatic rings. The van der Waals surface area contributed by atoms with Crippen LogP contribution in [0.3, 0.4) is 0 Å². The molecule has 4 nitrogen and oxygen atoms in total. The summed E-state index contributed by atoms with van der Waals surface area (Å²) < 4.78 is 3.29. The lowest BCUT2D eigenvalue weighted by Crippen LogP contribution is -2.43. The van der Waals surface area contributed by atoms with Gasteiger partial charge in [-0.2, -0.15) is 5.10 Å². The van der Waals surface area contributed by atoms with E-state index < -0.39 is 0 Å². The van der Waals surface area contributed by atoms with E-state index in [0.29, 0.717) is 12.0 Å². The second kappa shape index (κ2) is 7.05. The van der Waals surface area contributed by atoms with E-state index in [1.807, 2.05) is 0 Å². The first-order chi connectivity index (χ1) is 9.62. The molecular weight excluding hydrogens is 316 g/mol. The topological polar surface area (TPSA) is 55.9 Å². The predicted molar refractivity (Wildman–Crippen MR) is 86.3 cm³/mol. The van der Waals surface area contributed by atoms with Crippen LogP contribution in [-0.4, -0.2) is 15.8 Å². The van der Waals surface area contributed by atoms with Crippen molar-refractivity contribution in [1.82, 2.24) is 15.2 Å². The molecule has 3 N–H and O–H groups in total. The van der Waals surface area contributed by atoms with Gasteiger partial charge in [0.2, 0.25) is 0 Å². The zero-order valence-corrected chi connectivity index (χ0v) is 14.4. The van der Waals surface area contributed by atoms with E-state index in [1.165, 1.54) is 29.4 Å². The molecule has 1 saturated carbocycles. The first kappa shape index (κ1) is 16.0. The van der Waals surface area contributed by atoms with E-state index in [0.717, 1.165) is 31.0 Å². The lowest BCUT2D eigenvalue weighted by atomic mass is 9.88. The highest BCUT2D eigenvalue weighted by Crippen LogP contribution is 2.35. The van der Waals surface area contributed by atoms with Crippen LogP contribution in [0.4, 0.5) is 0 Å². The van der Waals surface area contributed by atoms with E-state index in [-0.39, 0.29) is 0 Å². The van der Waals surface area contributed by atoms with Gasteiger partial charge < -0.3 is 0 Å². The van der Waals surface area contributed by atoms with Gasteiger partial charge in [-0.3, -0.25) is 16.0 Å². The summed E-state index contributed by atoms with van der Waals surface area (Å²) in [4.78, 5) is 0. The maximum Gasteiger partial charge on any atom is 0.0766 e. The Morgan fingerprint density at radius 1 is 1.45 bits per heavy atom. The number of halogens is 1. The number of aryl methyl sites for hydroxylation is 2. The summed E-state index contributed by atoms with van der Waals surface area (Å²) in [5, 5.41) is 4.68. The van der Waals surface area contributed by atoms with E-state index in [1.54, 1.807) is 0 Å². The number of nitrogens with one attached hydrogen (secondary N) is 1. The fourth-order valence-electron chi connectivity index (χ4n) is 3.53. The van der Waals surface area contributed by atoms with E-state index in [2.05, 4.69) is 51.9 Å². The second-order valence-electron chi connectivity index (χ2n) is 5.93. The van der Waals surface area contributed by atoms with Crippen LogP contribution < -0.4 is 11.3 Å². The molecule has 1 fully saturated rings. The molecule has 1 aromatic rings. The number of nitrogens with zero attached hydrogens (tertiary/aromatic N) is 2. The molecule has 0 amide bonds. The third kappa shape index (κ3) is 3.10. The maximum absolute atomic E-state index is 5.85. The fourth-order valence-corrected chi connectivity index (χ4v) is 4.25. The summed E-state index contributed by atoms with van der Waals surface area (Å²) in [6.45, 7) is 7.55. The van der Waals surface area contributed by atoms with E-state index in [9.17, 15) is 0 Å². The molecule has 0 bridgehead atoms. The Labute approximate surface area is 130 Å². The summed E-state index contributed by atoms with van der Waals surface area (Å²) in [6, 6.07) is 0.343. The fraction of sp³-hybridized carbons (Fsp3) is 0.800. The third-order valence-electron chi connectivity index (χ3n) is 4.77. The zero-order valence-electron chi connectivity index (χ0n) is 12.8. The van der Waals surface area contributed by atoms with Gasteiger partial charge in [-0.15, -0.1) is 0 Å². The molecule has 114 valence electrons. The van der Waals surface area contributed by atoms with Crippen molar-refractivity contribution in [2.45, 2.75) is 65.5 Å². The second-order valence-corrected chi connectivity index (χ2v) is 6.72. The molecule has 0 spiro atoms. The first-order valence-corrected chi connectivity index (χ1v) is 8.61. The van der Waals surface area contributed by atoms with Crippen molar-refractivity contribution in [3.05, 3.63) is 15.9 Å². The molecule has 3 unspecified atom stereocenters. The monoisotopic (exact) mass is 342 g/mol. The molecule has 1 aliphatic carbocycles. The van der Waals surface area contributed by atoms with Crippen LogP contribution in [0.1, 0.15) is 51.4 Å². The van der Waals surface area contributed by atoms with Crippen LogP contribution in [-0.2, 0) is 19.4 Å². The number of aromatic nitrogens is 2. The van der Waals surface area contributed by atoms with E-state index >= 15 is 0 Å². The minimum absolute atomic E-state index is 0.343. The molecule has 0 aliphatic heterocycles. The maximum atomic E-state index is 5.85. The highest BCUT2D eigenvalue weighted by Gasteiger charge is 2.31. The average Bonchev–Trinajstić information content (AvgIpc) is 3.00. The van der Waals surface area contributed by atoms with E-state index in [4.69, 9.17) is 5.84 Å². The molecule has 0 aromatic carbocycles. The Morgan fingerprint density at radius 2 is 2.20 bits per heavy atom. The van der Waals surface area contributed by atoms with Crippen LogP contribution in [0.15, 0.2) is 4.47 Å². The van der Waals surface area contributed by atoms with Crippen LogP contribution in [0.25, 0.3) is 0 Å². The molecule has 0 saturated heterocycles. The molecule has 1 heterocycles. The number of hydrogen-bond donors (Lipinski definition) is 2. The number of rotatable bonds is 6. The van der Waals surface area contributed by atoms with Crippen molar-refractivity contribution in [3.63, 3.8) is 0 Å². The lowest BCUT2D eigenvalue weighted by Gasteiger charge is -2.26. The predicted octanol–water partition coefficient (Wildman–Crippen LogP) is 3.04. The molecule has 2 rings (SSSR count). The molecular formula is C15H27BrN4. The average molecular weight is 343 g/mol. The number of hydrogen-bond acceptors (Lipinski definition) is 3. The summed E-state index contributed by atoms with van der Waals surface area (Å²) in [6.07, 6.45) is 5.86. The van der Waals surface area contributed by atoms with Gasteiger partial charge in [0.05, 0.1) is 15.9 Å². The van der Waals surface area contributed by atoms with Crippen molar-refractivity contribution in [3.8, 4) is 0 Å². The Morgan fingerprint density at radius 3 is 2.70 bits per heavy atom. The highest BCUT2D eigenvalue weighted by molar-refractivity contribution is 9.10. The number of nitrogens with two attached hydrogens (primary N) is 1.